The summed E-state index contributed by atoms with van der Waals surface area (Å²) < 4.78 is 0. The van der Waals surface area contributed by atoms with Crippen molar-refractivity contribution in [3.8, 4) is 0 Å². The second-order valence-electron chi connectivity index (χ2n) is 3.33. The van der Waals surface area contributed by atoms with Gasteiger partial charge in [0.05, 0.1) is 0 Å². The summed E-state index contributed by atoms with van der Waals surface area (Å²) in [6.45, 7) is 11.0. The summed E-state index contributed by atoms with van der Waals surface area (Å²) in [5, 5.41) is 0. The average molecular weight is 184 g/mol. The lowest BCUT2D eigenvalue weighted by atomic mass is 10.3. The third kappa shape index (κ3) is 3.49. The van der Waals surface area contributed by atoms with E-state index in [1.165, 1.54) is 0 Å². The van der Waals surface area contributed by atoms with Gasteiger partial charge in [0, 0.05) is 26.2 Å². The van der Waals surface area contributed by atoms with Gasteiger partial charge in [-0.05, 0) is 20.8 Å². The first-order valence-corrected chi connectivity index (χ1v) is 4.67. The van der Waals surface area contributed by atoms with Gasteiger partial charge in [-0.25, -0.2) is 4.79 Å². The van der Waals surface area contributed by atoms with Crippen LogP contribution in [0.4, 0.5) is 4.79 Å². The molecule has 76 valence electrons. The molecule has 0 heterocycles. The van der Waals surface area contributed by atoms with Crippen LogP contribution < -0.4 is 0 Å². The quantitative estimate of drug-likeness (QED) is 0.613. The SMILES string of the molecule is C=CCN(C(=O)N(C)CC)C(C)C. The van der Waals surface area contributed by atoms with Gasteiger partial charge in [0.15, 0.2) is 0 Å². The van der Waals surface area contributed by atoms with Crippen molar-refractivity contribution in [1.29, 1.82) is 0 Å². The molecule has 0 fully saturated rings. The third-order valence-electron chi connectivity index (χ3n) is 2.00. The monoisotopic (exact) mass is 184 g/mol. The Balaban J connectivity index is 4.35. The van der Waals surface area contributed by atoms with Crippen molar-refractivity contribution in [2.24, 2.45) is 0 Å². The molecule has 0 spiro atoms. The molecule has 0 atom stereocenters. The lowest BCUT2D eigenvalue weighted by Crippen LogP contribution is -2.44. The van der Waals surface area contributed by atoms with Gasteiger partial charge in [-0.2, -0.15) is 0 Å². The zero-order valence-corrected chi connectivity index (χ0v) is 9.08. The van der Waals surface area contributed by atoms with E-state index in [0.29, 0.717) is 6.54 Å². The highest BCUT2D eigenvalue weighted by molar-refractivity contribution is 5.74. The molecule has 0 unspecified atom stereocenters. The maximum atomic E-state index is 11.7. The Kier molecular flexibility index (Phi) is 5.19. The molecule has 2 amide bonds. The van der Waals surface area contributed by atoms with Crippen LogP contribution in [0, 0.1) is 0 Å². The fraction of sp³-hybridized carbons (Fsp3) is 0.700. The van der Waals surface area contributed by atoms with Crippen molar-refractivity contribution < 1.29 is 4.79 Å². The molecule has 0 aromatic heterocycles. The van der Waals surface area contributed by atoms with Crippen LogP contribution in [-0.2, 0) is 0 Å². The number of nitrogens with zero attached hydrogens (tertiary/aromatic N) is 2. The molecule has 0 saturated heterocycles. The van der Waals surface area contributed by atoms with E-state index in [0.717, 1.165) is 6.54 Å². The highest BCUT2D eigenvalue weighted by atomic mass is 16.2. The number of hydrogen-bond acceptors (Lipinski definition) is 1. The van der Waals surface area contributed by atoms with Gasteiger partial charge in [0.25, 0.3) is 0 Å². The number of urea groups is 1. The first-order valence-electron chi connectivity index (χ1n) is 4.67. The second-order valence-corrected chi connectivity index (χ2v) is 3.33. The Labute approximate surface area is 81.0 Å². The zero-order chi connectivity index (χ0) is 10.4. The van der Waals surface area contributed by atoms with Gasteiger partial charge in [-0.1, -0.05) is 6.08 Å². The van der Waals surface area contributed by atoms with E-state index in [1.54, 1.807) is 22.9 Å². The molecule has 0 bridgehead atoms. The molecule has 0 aliphatic rings. The van der Waals surface area contributed by atoms with Crippen LogP contribution in [0.3, 0.4) is 0 Å². The Hall–Kier alpha value is -0.990. The second kappa shape index (κ2) is 5.62. The minimum atomic E-state index is 0.0670. The highest BCUT2D eigenvalue weighted by Crippen LogP contribution is 2.02. The lowest BCUT2D eigenvalue weighted by Gasteiger charge is -2.29. The van der Waals surface area contributed by atoms with Crippen LogP contribution in [0.15, 0.2) is 12.7 Å². The van der Waals surface area contributed by atoms with Crippen molar-refractivity contribution in [2.75, 3.05) is 20.1 Å². The van der Waals surface area contributed by atoms with Crippen LogP contribution in [0.5, 0.6) is 0 Å². The van der Waals surface area contributed by atoms with E-state index in [9.17, 15) is 4.79 Å². The van der Waals surface area contributed by atoms with Crippen molar-refractivity contribution >= 4 is 6.03 Å². The summed E-state index contributed by atoms with van der Waals surface area (Å²) in [7, 11) is 1.81. The Morgan fingerprint density at radius 1 is 1.54 bits per heavy atom. The molecule has 3 nitrogen and oxygen atoms in total. The van der Waals surface area contributed by atoms with E-state index in [1.807, 2.05) is 20.8 Å². The maximum absolute atomic E-state index is 11.7. The van der Waals surface area contributed by atoms with Gasteiger partial charge in [-0.3, -0.25) is 0 Å². The number of hydrogen-bond donors (Lipinski definition) is 0. The van der Waals surface area contributed by atoms with Crippen molar-refractivity contribution in [3.63, 3.8) is 0 Å². The Morgan fingerprint density at radius 2 is 2.08 bits per heavy atom. The normalized spacial score (nSPS) is 9.92. The topological polar surface area (TPSA) is 23.6 Å². The minimum absolute atomic E-state index is 0.0670. The van der Waals surface area contributed by atoms with Crippen LogP contribution in [0.2, 0.25) is 0 Å². The maximum Gasteiger partial charge on any atom is 0.320 e. The molecule has 13 heavy (non-hydrogen) atoms. The van der Waals surface area contributed by atoms with Crippen molar-refractivity contribution in [1.82, 2.24) is 9.80 Å². The van der Waals surface area contributed by atoms with Crippen molar-refractivity contribution in [3.05, 3.63) is 12.7 Å². The smallest absolute Gasteiger partial charge is 0.320 e. The molecule has 3 heteroatoms. The lowest BCUT2D eigenvalue weighted by molar-refractivity contribution is 0.157. The minimum Gasteiger partial charge on any atom is -0.328 e. The molecule has 0 radical (unpaired) electrons. The first-order chi connectivity index (χ1) is 6.04. The zero-order valence-electron chi connectivity index (χ0n) is 9.08. The fourth-order valence-electron chi connectivity index (χ4n) is 1.00. The molecule has 0 aliphatic heterocycles. The van der Waals surface area contributed by atoms with E-state index in [2.05, 4.69) is 6.58 Å². The molecule has 0 rings (SSSR count). The van der Waals surface area contributed by atoms with Gasteiger partial charge < -0.3 is 9.80 Å². The van der Waals surface area contributed by atoms with Gasteiger partial charge in [0.1, 0.15) is 0 Å². The first kappa shape index (κ1) is 12.0. The third-order valence-corrected chi connectivity index (χ3v) is 2.00. The van der Waals surface area contributed by atoms with Gasteiger partial charge in [0.2, 0.25) is 0 Å². The number of carbonyl (C=O) groups is 1. The average Bonchev–Trinajstić information content (AvgIpc) is 2.11. The molecular weight excluding hydrogens is 164 g/mol. The van der Waals surface area contributed by atoms with E-state index in [4.69, 9.17) is 0 Å². The number of rotatable bonds is 4. The molecule has 0 aromatic rings. The Bertz CT molecular complexity index is 178. The largest absolute Gasteiger partial charge is 0.328 e. The van der Waals surface area contributed by atoms with Crippen LogP contribution in [0.1, 0.15) is 20.8 Å². The van der Waals surface area contributed by atoms with Crippen LogP contribution in [0.25, 0.3) is 0 Å². The highest BCUT2D eigenvalue weighted by Gasteiger charge is 2.17. The predicted molar refractivity (Wildman–Crippen MR) is 55.7 cm³/mol. The van der Waals surface area contributed by atoms with Crippen LogP contribution >= 0.6 is 0 Å². The summed E-state index contributed by atoms with van der Waals surface area (Å²) in [6.07, 6.45) is 1.75. The molecule has 0 aliphatic carbocycles. The summed E-state index contributed by atoms with van der Waals surface area (Å²) >= 11 is 0. The summed E-state index contributed by atoms with van der Waals surface area (Å²) in [5.41, 5.74) is 0. The number of amides is 2. The van der Waals surface area contributed by atoms with E-state index < -0.39 is 0 Å². The molecule has 0 saturated carbocycles. The molecular formula is C10H20N2O. The summed E-state index contributed by atoms with van der Waals surface area (Å²) in [6, 6.07) is 0.289. The summed E-state index contributed by atoms with van der Waals surface area (Å²) in [4.78, 5) is 15.2. The van der Waals surface area contributed by atoms with Gasteiger partial charge in [-0.15, -0.1) is 6.58 Å². The van der Waals surface area contributed by atoms with Crippen molar-refractivity contribution in [2.45, 2.75) is 26.8 Å². The predicted octanol–water partition coefficient (Wildman–Crippen LogP) is 1.95. The Morgan fingerprint density at radius 3 is 2.38 bits per heavy atom. The van der Waals surface area contributed by atoms with E-state index >= 15 is 0 Å². The fourth-order valence-corrected chi connectivity index (χ4v) is 1.00. The van der Waals surface area contributed by atoms with Gasteiger partial charge >= 0.3 is 6.03 Å². The van der Waals surface area contributed by atoms with E-state index in [-0.39, 0.29) is 12.1 Å². The standard InChI is InChI=1S/C10H20N2O/c1-6-8-12(9(3)4)10(13)11(5)7-2/h6,9H,1,7-8H2,2-5H3. The van der Waals surface area contributed by atoms with Crippen LogP contribution in [-0.4, -0.2) is 42.0 Å². The molecule has 0 N–H and O–H groups in total. The molecule has 0 aromatic carbocycles. The number of carbonyl (C=O) groups excluding carboxylic acids is 1. The summed E-state index contributed by atoms with van der Waals surface area (Å²) in [5.74, 6) is 0.